The van der Waals surface area contributed by atoms with E-state index < -0.39 is 15.9 Å². The quantitative estimate of drug-likeness (QED) is 0.184. The molecule has 1 aliphatic rings. The summed E-state index contributed by atoms with van der Waals surface area (Å²) in [6.45, 7) is 4.95. The van der Waals surface area contributed by atoms with Crippen LogP contribution in [0, 0.1) is 0 Å². The topological polar surface area (TPSA) is 110 Å². The van der Waals surface area contributed by atoms with Gasteiger partial charge < -0.3 is 9.47 Å². The van der Waals surface area contributed by atoms with E-state index in [-0.39, 0.29) is 4.21 Å². The molecule has 3 heterocycles. The molecule has 1 aromatic carbocycles. The number of aromatic nitrogens is 1. The predicted molar refractivity (Wildman–Crippen MR) is 133 cm³/mol. The number of hydrogen-bond donors (Lipinski definition) is 2. The zero-order valence-electron chi connectivity index (χ0n) is 19.0. The Labute approximate surface area is 208 Å². The van der Waals surface area contributed by atoms with Gasteiger partial charge in [-0.05, 0) is 48.4 Å². The predicted octanol–water partition coefficient (Wildman–Crippen LogP) is 3.07. The number of nitrogens with zero attached hydrogens (tertiary/aromatic N) is 2. The van der Waals surface area contributed by atoms with Gasteiger partial charge in [0.15, 0.2) is 0 Å². The van der Waals surface area contributed by atoms with Crippen molar-refractivity contribution >= 4 is 33.3 Å². The van der Waals surface area contributed by atoms with E-state index in [9.17, 15) is 13.2 Å². The van der Waals surface area contributed by atoms with Crippen LogP contribution < -0.4 is 10.2 Å². The lowest BCUT2D eigenvalue weighted by Crippen LogP contribution is -2.37. The van der Waals surface area contributed by atoms with Gasteiger partial charge in [0.25, 0.3) is 15.9 Å². The molecular weight excluding hydrogens is 490 g/mol. The van der Waals surface area contributed by atoms with Crippen molar-refractivity contribution in [3.05, 3.63) is 66.5 Å². The zero-order chi connectivity index (χ0) is 24.7. The molecule has 0 aliphatic carbocycles. The Kier molecular flexibility index (Phi) is 8.37. The van der Waals surface area contributed by atoms with E-state index in [1.54, 1.807) is 18.2 Å². The summed E-state index contributed by atoms with van der Waals surface area (Å²) in [6.07, 6.45) is 6.22. The average molecular weight is 518 g/mol. The first-order chi connectivity index (χ1) is 17.0. The smallest absolute Gasteiger partial charge is 0.277 e. The lowest BCUT2D eigenvalue weighted by atomic mass is 10.1. The lowest BCUT2D eigenvalue weighted by Gasteiger charge is -2.26. The summed E-state index contributed by atoms with van der Waals surface area (Å²) < 4.78 is 39.0. The molecule has 2 N–H and O–H groups in total. The summed E-state index contributed by atoms with van der Waals surface area (Å²) in [5.41, 5.74) is 2.83. The Morgan fingerprint density at radius 3 is 2.77 bits per heavy atom. The largest absolute Gasteiger partial charge is 0.493 e. The van der Waals surface area contributed by atoms with Gasteiger partial charge in [-0.1, -0.05) is 12.1 Å². The van der Waals surface area contributed by atoms with Crippen LogP contribution in [-0.4, -0.2) is 67.9 Å². The summed E-state index contributed by atoms with van der Waals surface area (Å²) in [5.74, 6) is 0.0151. The van der Waals surface area contributed by atoms with Crippen molar-refractivity contribution in [1.82, 2.24) is 14.4 Å². The van der Waals surface area contributed by atoms with E-state index in [0.717, 1.165) is 65.5 Å². The molecule has 0 atom stereocenters. The number of hydrogen-bond acceptors (Lipinski definition) is 8. The van der Waals surface area contributed by atoms with Crippen LogP contribution in [0.25, 0.3) is 16.5 Å². The minimum absolute atomic E-state index is 0.189. The molecule has 0 bridgehead atoms. The molecule has 3 aromatic rings. The van der Waals surface area contributed by atoms with E-state index in [1.165, 1.54) is 35.3 Å². The number of carbonyl (C=O) groups excluding carboxylic acids is 1. The summed E-state index contributed by atoms with van der Waals surface area (Å²) in [6, 6.07) is 12.5. The average Bonchev–Trinajstić information content (AvgIpc) is 3.57. The Balaban J connectivity index is 1.44. The zero-order valence-corrected chi connectivity index (χ0v) is 20.6. The van der Waals surface area contributed by atoms with Crippen LogP contribution in [0.4, 0.5) is 0 Å². The van der Waals surface area contributed by atoms with Gasteiger partial charge in [-0.25, -0.2) is 9.45 Å². The normalized spacial score (nSPS) is 14.9. The van der Waals surface area contributed by atoms with Crippen molar-refractivity contribution in [3.63, 3.8) is 0 Å². The lowest BCUT2D eigenvalue weighted by molar-refractivity contribution is -0.124. The molecule has 9 nitrogen and oxygen atoms in total. The van der Waals surface area contributed by atoms with Gasteiger partial charge in [-0.3, -0.25) is 14.9 Å². The molecule has 35 heavy (non-hydrogen) atoms. The van der Waals surface area contributed by atoms with Gasteiger partial charge in [-0.15, -0.1) is 11.3 Å². The third kappa shape index (κ3) is 6.38. The Morgan fingerprint density at radius 2 is 1.97 bits per heavy atom. The first kappa shape index (κ1) is 25.1. The highest BCUT2D eigenvalue weighted by molar-refractivity contribution is 7.92. The maximum atomic E-state index is 13.1. The highest BCUT2D eigenvalue weighted by Gasteiger charge is 2.20. The highest BCUT2D eigenvalue weighted by atomic mass is 32.2. The van der Waals surface area contributed by atoms with Crippen molar-refractivity contribution in [2.75, 3.05) is 39.5 Å². The fourth-order valence-electron chi connectivity index (χ4n) is 3.65. The minimum Gasteiger partial charge on any atom is -0.493 e. The number of morpholine rings is 1. The fraction of sp³-hybridized carbons (Fsp3) is 0.292. The highest BCUT2D eigenvalue weighted by Crippen LogP contribution is 2.37. The molecule has 4 rings (SSSR count). The van der Waals surface area contributed by atoms with Gasteiger partial charge in [0.2, 0.25) is 0 Å². The Morgan fingerprint density at radius 1 is 1.17 bits per heavy atom. The number of amides is 1. The van der Waals surface area contributed by atoms with Crippen LogP contribution >= 0.6 is 11.3 Å². The molecule has 1 fully saturated rings. The van der Waals surface area contributed by atoms with Crippen LogP contribution in [0.1, 0.15) is 12.0 Å². The van der Waals surface area contributed by atoms with Crippen molar-refractivity contribution in [1.29, 1.82) is 0 Å². The van der Waals surface area contributed by atoms with Crippen molar-refractivity contribution in [3.8, 4) is 16.2 Å². The van der Waals surface area contributed by atoms with Crippen LogP contribution in [-0.2, 0) is 19.6 Å². The van der Waals surface area contributed by atoms with Gasteiger partial charge >= 0.3 is 0 Å². The summed E-state index contributed by atoms with van der Waals surface area (Å²) in [5, 5.41) is 8.56. The second-order valence-corrected chi connectivity index (χ2v) is 11.0. The molecule has 0 saturated carbocycles. The number of nitrogens with one attached hydrogen (secondary N) is 1. The summed E-state index contributed by atoms with van der Waals surface area (Å²) >= 11 is 1.17. The molecule has 1 amide bonds. The second kappa shape index (κ2) is 11.6. The van der Waals surface area contributed by atoms with E-state index >= 15 is 0 Å². The molecule has 0 unspecified atom stereocenters. The van der Waals surface area contributed by atoms with Gasteiger partial charge in [0.05, 0.1) is 19.8 Å². The van der Waals surface area contributed by atoms with E-state index in [4.69, 9.17) is 14.7 Å². The van der Waals surface area contributed by atoms with E-state index in [1.807, 2.05) is 24.3 Å². The minimum atomic E-state index is -3.80. The van der Waals surface area contributed by atoms with Crippen LogP contribution in [0.3, 0.4) is 0 Å². The van der Waals surface area contributed by atoms with Crippen LogP contribution in [0.2, 0.25) is 0 Å². The van der Waals surface area contributed by atoms with Crippen molar-refractivity contribution in [2.45, 2.75) is 10.6 Å². The molecule has 1 saturated heterocycles. The maximum Gasteiger partial charge on any atom is 0.277 e. The summed E-state index contributed by atoms with van der Waals surface area (Å²) in [7, 11) is -3.80. The first-order valence-corrected chi connectivity index (χ1v) is 13.4. The number of thiophene rings is 1. The third-order valence-corrected chi connectivity index (χ3v) is 8.69. The summed E-state index contributed by atoms with van der Waals surface area (Å²) in [4.78, 5) is 14.3. The number of rotatable bonds is 10. The molecule has 2 aromatic heterocycles. The van der Waals surface area contributed by atoms with Crippen molar-refractivity contribution < 1.29 is 27.9 Å². The number of benzene rings is 1. The standard InChI is InChI=1S/C24H27N3O6S2/c28-23(25-29)8-6-19-10-12-27(18-19)35(30,31)24-9-7-22(34-24)20-4-1-2-5-21(20)33-15-3-11-26-13-16-32-17-14-26/h1-2,4-10,12,18,29H,3,11,13-17H2,(H,25,28)/b8-6+. The maximum absolute atomic E-state index is 13.1. The number of carbonyl (C=O) groups is 1. The third-order valence-electron chi connectivity index (χ3n) is 5.47. The molecule has 11 heteroatoms. The van der Waals surface area contributed by atoms with Crippen LogP contribution in [0.5, 0.6) is 5.75 Å². The Bertz CT molecular complexity index is 1280. The molecular formula is C24H27N3O6S2. The molecule has 186 valence electrons. The fourth-order valence-corrected chi connectivity index (χ4v) is 6.29. The van der Waals surface area contributed by atoms with Gasteiger partial charge in [-0.2, -0.15) is 8.42 Å². The number of para-hydroxylation sites is 1. The van der Waals surface area contributed by atoms with Gasteiger partial charge in [0.1, 0.15) is 9.96 Å². The van der Waals surface area contributed by atoms with Crippen molar-refractivity contribution in [2.24, 2.45) is 0 Å². The Hall–Kier alpha value is -2.96. The monoisotopic (exact) mass is 517 g/mol. The van der Waals surface area contributed by atoms with Crippen LogP contribution in [0.15, 0.2) is 65.1 Å². The number of hydroxylamine groups is 1. The van der Waals surface area contributed by atoms with E-state index in [2.05, 4.69) is 4.90 Å². The molecule has 0 radical (unpaired) electrons. The molecule has 1 aliphatic heterocycles. The molecule has 0 spiro atoms. The first-order valence-electron chi connectivity index (χ1n) is 11.2. The van der Waals surface area contributed by atoms with Gasteiger partial charge in [0, 0.05) is 48.5 Å². The SMILES string of the molecule is O=C(/C=C/c1ccn(S(=O)(=O)c2ccc(-c3ccccc3OCCCN3CCOCC3)s2)c1)NO. The van der Waals surface area contributed by atoms with E-state index in [0.29, 0.717) is 12.2 Å². The number of ether oxygens (including phenoxy) is 2. The second-order valence-electron chi connectivity index (χ2n) is 7.86.